The van der Waals surface area contributed by atoms with Crippen LogP contribution in [0.1, 0.15) is 32.3 Å². The van der Waals surface area contributed by atoms with Crippen molar-refractivity contribution in [2.45, 2.75) is 26.7 Å². The molecule has 0 aliphatic heterocycles. The lowest BCUT2D eigenvalue weighted by Gasteiger charge is -2.12. The van der Waals surface area contributed by atoms with Crippen LogP contribution in [0.25, 0.3) is 6.08 Å². The molecule has 0 atom stereocenters. The van der Waals surface area contributed by atoms with Crippen LogP contribution in [0.15, 0.2) is 35.9 Å². The first-order valence-electron chi connectivity index (χ1n) is 8.01. The summed E-state index contributed by atoms with van der Waals surface area (Å²) >= 11 is 1.38. The number of nitrogens with zero attached hydrogens (tertiary/aromatic N) is 1. The van der Waals surface area contributed by atoms with Crippen LogP contribution in [-0.2, 0) is 4.79 Å². The van der Waals surface area contributed by atoms with Crippen LogP contribution in [0.3, 0.4) is 0 Å². The third-order valence-corrected chi connectivity index (χ3v) is 3.80. The summed E-state index contributed by atoms with van der Waals surface area (Å²) in [6.07, 6.45) is 6.95. The van der Waals surface area contributed by atoms with Gasteiger partial charge in [-0.1, -0.05) is 19.4 Å². The Balaban J connectivity index is 2.02. The predicted molar refractivity (Wildman–Crippen MR) is 97.8 cm³/mol. The highest BCUT2D eigenvalue weighted by atomic mass is 32.1. The van der Waals surface area contributed by atoms with E-state index in [4.69, 9.17) is 9.47 Å². The van der Waals surface area contributed by atoms with Gasteiger partial charge in [-0.05, 0) is 37.1 Å². The molecule has 6 heteroatoms. The average Bonchev–Trinajstić information content (AvgIpc) is 3.08. The lowest BCUT2D eigenvalue weighted by Crippen LogP contribution is -2.07. The molecule has 0 aliphatic carbocycles. The maximum absolute atomic E-state index is 11.8. The van der Waals surface area contributed by atoms with Gasteiger partial charge in [0.05, 0.1) is 13.2 Å². The number of unbranched alkanes of at least 4 members (excludes halogenated alkanes) is 1. The normalized spacial score (nSPS) is 10.8. The summed E-state index contributed by atoms with van der Waals surface area (Å²) in [4.78, 5) is 15.9. The van der Waals surface area contributed by atoms with Crippen molar-refractivity contribution < 1.29 is 14.3 Å². The second-order valence-corrected chi connectivity index (χ2v) is 5.90. The number of thiazole rings is 1. The van der Waals surface area contributed by atoms with Crippen molar-refractivity contribution in [3.63, 3.8) is 0 Å². The fourth-order valence-electron chi connectivity index (χ4n) is 1.95. The van der Waals surface area contributed by atoms with Crippen molar-refractivity contribution in [2.75, 3.05) is 18.5 Å². The van der Waals surface area contributed by atoms with Gasteiger partial charge in [-0.3, -0.25) is 10.1 Å². The van der Waals surface area contributed by atoms with Gasteiger partial charge in [-0.2, -0.15) is 0 Å². The van der Waals surface area contributed by atoms with E-state index in [9.17, 15) is 4.79 Å². The quantitative estimate of drug-likeness (QED) is 0.541. The Bertz CT molecular complexity index is 669. The van der Waals surface area contributed by atoms with Crippen molar-refractivity contribution in [2.24, 2.45) is 0 Å². The summed E-state index contributed by atoms with van der Waals surface area (Å²) in [5, 5.41) is 5.10. The molecule has 1 amide bonds. The number of benzene rings is 1. The summed E-state index contributed by atoms with van der Waals surface area (Å²) < 4.78 is 11.4. The monoisotopic (exact) mass is 346 g/mol. The molecule has 0 unspecified atom stereocenters. The highest BCUT2D eigenvalue weighted by Crippen LogP contribution is 2.29. The molecule has 0 saturated heterocycles. The number of anilines is 1. The minimum Gasteiger partial charge on any atom is -0.490 e. The van der Waals surface area contributed by atoms with Gasteiger partial charge < -0.3 is 9.47 Å². The number of carbonyl (C=O) groups is 1. The van der Waals surface area contributed by atoms with E-state index >= 15 is 0 Å². The molecular weight excluding hydrogens is 324 g/mol. The maximum atomic E-state index is 11.8. The number of carbonyl (C=O) groups excluding carboxylic acids is 1. The maximum Gasteiger partial charge on any atom is 0.250 e. The van der Waals surface area contributed by atoms with E-state index in [1.165, 1.54) is 17.4 Å². The zero-order valence-electron chi connectivity index (χ0n) is 14.0. The third-order valence-electron chi connectivity index (χ3n) is 3.11. The number of aromatic nitrogens is 1. The SMILES string of the molecule is CCCCOc1ccc(/C=C/C(=O)Nc2nccs2)cc1OCC. The molecule has 24 heavy (non-hydrogen) atoms. The van der Waals surface area contributed by atoms with Crippen LogP contribution in [0.5, 0.6) is 11.5 Å². The Kier molecular flexibility index (Phi) is 7.29. The van der Waals surface area contributed by atoms with E-state index in [1.54, 1.807) is 12.3 Å². The standard InChI is InChI=1S/C18H22N2O3S/c1-3-5-11-23-15-8-6-14(13-16(15)22-4-2)7-9-17(21)20-18-19-10-12-24-18/h6-10,12-13H,3-5,11H2,1-2H3,(H,19,20,21)/b9-7+. The molecule has 0 fully saturated rings. The highest BCUT2D eigenvalue weighted by Gasteiger charge is 2.06. The summed E-state index contributed by atoms with van der Waals surface area (Å²) in [5.74, 6) is 1.21. The minimum atomic E-state index is -0.216. The molecule has 1 N–H and O–H groups in total. The fraction of sp³-hybridized carbons (Fsp3) is 0.333. The zero-order chi connectivity index (χ0) is 17.2. The van der Waals surface area contributed by atoms with E-state index < -0.39 is 0 Å². The van der Waals surface area contributed by atoms with E-state index in [0.717, 1.165) is 24.2 Å². The van der Waals surface area contributed by atoms with Gasteiger partial charge in [0.25, 0.3) is 0 Å². The number of hydrogen-bond acceptors (Lipinski definition) is 5. The van der Waals surface area contributed by atoms with Gasteiger partial charge in [0.1, 0.15) is 0 Å². The second kappa shape index (κ2) is 9.72. The number of hydrogen-bond donors (Lipinski definition) is 1. The summed E-state index contributed by atoms with van der Waals surface area (Å²) in [7, 11) is 0. The van der Waals surface area contributed by atoms with Gasteiger partial charge in [-0.15, -0.1) is 11.3 Å². The molecule has 1 aromatic carbocycles. The van der Waals surface area contributed by atoms with Gasteiger partial charge in [-0.25, -0.2) is 4.98 Å². The summed E-state index contributed by atoms with van der Waals surface area (Å²) in [6, 6.07) is 5.65. The van der Waals surface area contributed by atoms with Gasteiger partial charge >= 0.3 is 0 Å². The number of ether oxygens (including phenoxy) is 2. The van der Waals surface area contributed by atoms with E-state index in [-0.39, 0.29) is 5.91 Å². The van der Waals surface area contributed by atoms with Gasteiger partial charge in [0, 0.05) is 17.7 Å². The van der Waals surface area contributed by atoms with Crippen molar-refractivity contribution in [1.82, 2.24) is 4.98 Å². The zero-order valence-corrected chi connectivity index (χ0v) is 14.8. The largest absolute Gasteiger partial charge is 0.490 e. The molecule has 0 radical (unpaired) electrons. The van der Waals surface area contributed by atoms with Crippen LogP contribution >= 0.6 is 11.3 Å². The molecule has 2 aromatic rings. The molecule has 1 aromatic heterocycles. The molecular formula is C18H22N2O3S. The third kappa shape index (κ3) is 5.70. The minimum absolute atomic E-state index is 0.216. The van der Waals surface area contributed by atoms with Crippen LogP contribution in [0.2, 0.25) is 0 Å². The van der Waals surface area contributed by atoms with Crippen LogP contribution in [0, 0.1) is 0 Å². The number of rotatable bonds is 9. The molecule has 2 rings (SSSR count). The Morgan fingerprint density at radius 2 is 2.17 bits per heavy atom. The fourth-order valence-corrected chi connectivity index (χ4v) is 2.48. The van der Waals surface area contributed by atoms with Crippen molar-refractivity contribution in [1.29, 1.82) is 0 Å². The first kappa shape index (κ1) is 18.0. The van der Waals surface area contributed by atoms with E-state index in [0.29, 0.717) is 24.1 Å². The van der Waals surface area contributed by atoms with Crippen LogP contribution in [0.4, 0.5) is 5.13 Å². The molecule has 1 heterocycles. The summed E-state index contributed by atoms with van der Waals surface area (Å²) in [6.45, 7) is 5.28. The molecule has 128 valence electrons. The topological polar surface area (TPSA) is 60.5 Å². The van der Waals surface area contributed by atoms with E-state index in [2.05, 4.69) is 17.2 Å². The lowest BCUT2D eigenvalue weighted by atomic mass is 10.2. The number of amides is 1. The second-order valence-electron chi connectivity index (χ2n) is 5.00. The van der Waals surface area contributed by atoms with Crippen LogP contribution < -0.4 is 14.8 Å². The van der Waals surface area contributed by atoms with Gasteiger partial charge in [0.2, 0.25) is 5.91 Å². The Labute approximate surface area is 146 Å². The van der Waals surface area contributed by atoms with Crippen LogP contribution in [-0.4, -0.2) is 24.1 Å². The van der Waals surface area contributed by atoms with Crippen molar-refractivity contribution in [3.05, 3.63) is 41.4 Å². The first-order valence-corrected chi connectivity index (χ1v) is 8.89. The summed E-state index contributed by atoms with van der Waals surface area (Å²) in [5.41, 5.74) is 0.871. The Morgan fingerprint density at radius 1 is 1.29 bits per heavy atom. The first-order chi connectivity index (χ1) is 11.7. The van der Waals surface area contributed by atoms with Crippen molar-refractivity contribution >= 4 is 28.5 Å². The predicted octanol–water partition coefficient (Wildman–Crippen LogP) is 4.37. The van der Waals surface area contributed by atoms with E-state index in [1.807, 2.05) is 30.5 Å². The Hall–Kier alpha value is -2.34. The molecule has 0 spiro atoms. The molecule has 0 saturated carbocycles. The molecule has 5 nitrogen and oxygen atoms in total. The highest BCUT2D eigenvalue weighted by molar-refractivity contribution is 7.13. The Morgan fingerprint density at radius 3 is 2.88 bits per heavy atom. The van der Waals surface area contributed by atoms with Gasteiger partial charge in [0.15, 0.2) is 16.6 Å². The van der Waals surface area contributed by atoms with Crippen molar-refractivity contribution in [3.8, 4) is 11.5 Å². The number of nitrogens with one attached hydrogen (secondary N) is 1. The molecule has 0 aliphatic rings. The lowest BCUT2D eigenvalue weighted by molar-refractivity contribution is -0.111. The smallest absolute Gasteiger partial charge is 0.250 e. The average molecular weight is 346 g/mol. The molecule has 0 bridgehead atoms.